The van der Waals surface area contributed by atoms with Crippen molar-refractivity contribution >= 4 is 5.97 Å². The van der Waals surface area contributed by atoms with Crippen molar-refractivity contribution in [2.45, 2.75) is 66.1 Å². The van der Waals surface area contributed by atoms with Crippen LogP contribution in [0.25, 0.3) is 0 Å². The summed E-state index contributed by atoms with van der Waals surface area (Å²) in [7, 11) is 0. The number of carboxylic acids is 1. The zero-order chi connectivity index (χ0) is 12.9. The minimum absolute atomic E-state index is 0.0140. The molecule has 0 aliphatic carbocycles. The molecule has 0 rings (SSSR count). The third-order valence-corrected chi connectivity index (χ3v) is 2.51. The highest BCUT2D eigenvalue weighted by Crippen LogP contribution is 2.25. The van der Waals surface area contributed by atoms with Crippen molar-refractivity contribution in [1.29, 1.82) is 0 Å². The van der Waals surface area contributed by atoms with E-state index in [4.69, 9.17) is 4.74 Å². The number of hydrogen-bond acceptors (Lipinski definition) is 2. The largest absolute Gasteiger partial charge is 0.479 e. The molecule has 16 heavy (non-hydrogen) atoms. The molecule has 0 spiro atoms. The first-order valence-electron chi connectivity index (χ1n) is 6.08. The van der Waals surface area contributed by atoms with Gasteiger partial charge in [0.05, 0.1) is 6.10 Å². The van der Waals surface area contributed by atoms with Crippen LogP contribution in [0.4, 0.5) is 0 Å². The minimum atomic E-state index is -1.05. The van der Waals surface area contributed by atoms with Crippen molar-refractivity contribution in [2.24, 2.45) is 11.8 Å². The van der Waals surface area contributed by atoms with Gasteiger partial charge in [-0.2, -0.15) is 0 Å². The molecule has 1 N–H and O–H groups in total. The summed E-state index contributed by atoms with van der Waals surface area (Å²) in [6.07, 6.45) is 1.42. The summed E-state index contributed by atoms with van der Waals surface area (Å²) in [6.45, 7) is 11.9. The Kier molecular flexibility index (Phi) is 6.01. The first-order valence-corrected chi connectivity index (χ1v) is 6.08. The van der Waals surface area contributed by atoms with E-state index in [-0.39, 0.29) is 6.10 Å². The van der Waals surface area contributed by atoms with Crippen LogP contribution in [-0.4, -0.2) is 22.8 Å². The summed E-state index contributed by atoms with van der Waals surface area (Å²) in [4.78, 5) is 11.3. The predicted octanol–water partition coefficient (Wildman–Crippen LogP) is 3.33. The van der Waals surface area contributed by atoms with Gasteiger partial charge < -0.3 is 9.84 Å². The van der Waals surface area contributed by atoms with Crippen LogP contribution in [0.5, 0.6) is 0 Å². The molecule has 2 unspecified atom stereocenters. The fourth-order valence-corrected chi connectivity index (χ4v) is 2.12. The SMILES string of the molecule is CC(C)CC(C)OC(C)(CC(C)C)C(=O)O. The zero-order valence-electron chi connectivity index (χ0n) is 11.4. The Labute approximate surface area is 99.2 Å². The summed E-state index contributed by atoms with van der Waals surface area (Å²) in [5, 5.41) is 9.24. The number of carbonyl (C=O) groups is 1. The van der Waals surface area contributed by atoms with Gasteiger partial charge in [0.1, 0.15) is 0 Å². The lowest BCUT2D eigenvalue weighted by Crippen LogP contribution is -2.42. The van der Waals surface area contributed by atoms with Crippen molar-refractivity contribution in [3.63, 3.8) is 0 Å². The summed E-state index contributed by atoms with van der Waals surface area (Å²) in [5.74, 6) is -0.0312. The second-order valence-corrected chi connectivity index (χ2v) is 5.69. The molecular formula is C13H26O3. The van der Waals surface area contributed by atoms with E-state index in [0.29, 0.717) is 18.3 Å². The highest BCUT2D eigenvalue weighted by molar-refractivity contribution is 5.76. The molecule has 0 saturated carbocycles. The summed E-state index contributed by atoms with van der Waals surface area (Å²) < 4.78 is 5.72. The molecule has 0 radical (unpaired) electrons. The summed E-state index contributed by atoms with van der Waals surface area (Å²) in [6, 6.07) is 0. The third kappa shape index (κ3) is 5.50. The van der Waals surface area contributed by atoms with Crippen LogP contribution in [0, 0.1) is 11.8 Å². The molecule has 2 atom stereocenters. The van der Waals surface area contributed by atoms with Crippen LogP contribution in [0.15, 0.2) is 0 Å². The normalized spacial score (nSPS) is 17.5. The van der Waals surface area contributed by atoms with E-state index >= 15 is 0 Å². The Hall–Kier alpha value is -0.570. The Balaban J connectivity index is 4.49. The van der Waals surface area contributed by atoms with Crippen LogP contribution >= 0.6 is 0 Å². The highest BCUT2D eigenvalue weighted by Gasteiger charge is 2.36. The van der Waals surface area contributed by atoms with Gasteiger partial charge in [0.2, 0.25) is 0 Å². The van der Waals surface area contributed by atoms with E-state index in [2.05, 4.69) is 13.8 Å². The fraction of sp³-hybridized carbons (Fsp3) is 0.923. The Morgan fingerprint density at radius 1 is 1.19 bits per heavy atom. The molecule has 0 heterocycles. The van der Waals surface area contributed by atoms with Gasteiger partial charge in [-0.3, -0.25) is 0 Å². The maximum Gasteiger partial charge on any atom is 0.335 e. The van der Waals surface area contributed by atoms with Gasteiger partial charge in [0, 0.05) is 0 Å². The summed E-state index contributed by atoms with van der Waals surface area (Å²) in [5.41, 5.74) is -1.05. The van der Waals surface area contributed by atoms with Crippen molar-refractivity contribution in [3.8, 4) is 0 Å². The second kappa shape index (κ2) is 6.24. The number of carboxylic acid groups (broad SMARTS) is 1. The van der Waals surface area contributed by atoms with Crippen LogP contribution in [0.1, 0.15) is 54.4 Å². The maximum atomic E-state index is 11.3. The molecule has 0 aliphatic rings. The highest BCUT2D eigenvalue weighted by atomic mass is 16.5. The van der Waals surface area contributed by atoms with Gasteiger partial charge in [-0.15, -0.1) is 0 Å². The third-order valence-electron chi connectivity index (χ3n) is 2.51. The number of rotatable bonds is 7. The van der Waals surface area contributed by atoms with E-state index in [1.165, 1.54) is 0 Å². The van der Waals surface area contributed by atoms with Crippen LogP contribution in [-0.2, 0) is 9.53 Å². The molecule has 3 heteroatoms. The maximum absolute atomic E-state index is 11.3. The molecule has 96 valence electrons. The lowest BCUT2D eigenvalue weighted by atomic mass is 9.93. The van der Waals surface area contributed by atoms with Gasteiger partial charge in [-0.05, 0) is 38.5 Å². The molecule has 0 aliphatic heterocycles. The van der Waals surface area contributed by atoms with Crippen molar-refractivity contribution < 1.29 is 14.6 Å². The molecular weight excluding hydrogens is 204 g/mol. The molecule has 0 fully saturated rings. The van der Waals surface area contributed by atoms with Gasteiger partial charge in [0.25, 0.3) is 0 Å². The van der Waals surface area contributed by atoms with Crippen molar-refractivity contribution in [2.75, 3.05) is 0 Å². The number of ether oxygens (including phenoxy) is 1. The summed E-state index contributed by atoms with van der Waals surface area (Å²) >= 11 is 0. The standard InChI is InChI=1S/C13H26O3/c1-9(2)7-11(5)16-13(6,12(14)15)8-10(3)4/h9-11H,7-8H2,1-6H3,(H,14,15). The number of hydrogen-bond donors (Lipinski definition) is 1. The monoisotopic (exact) mass is 230 g/mol. The van der Waals surface area contributed by atoms with Gasteiger partial charge in [-0.25, -0.2) is 4.79 Å². The molecule has 0 aromatic heterocycles. The fourth-order valence-electron chi connectivity index (χ4n) is 2.12. The minimum Gasteiger partial charge on any atom is -0.479 e. The Bertz CT molecular complexity index is 223. The van der Waals surface area contributed by atoms with E-state index in [1.54, 1.807) is 6.92 Å². The van der Waals surface area contributed by atoms with Gasteiger partial charge >= 0.3 is 5.97 Å². The average molecular weight is 230 g/mol. The van der Waals surface area contributed by atoms with Gasteiger partial charge in [-0.1, -0.05) is 27.7 Å². The first-order chi connectivity index (χ1) is 7.17. The number of aliphatic carboxylic acids is 1. The lowest BCUT2D eigenvalue weighted by Gasteiger charge is -2.31. The smallest absolute Gasteiger partial charge is 0.335 e. The topological polar surface area (TPSA) is 46.5 Å². The quantitative estimate of drug-likeness (QED) is 0.729. The second-order valence-electron chi connectivity index (χ2n) is 5.69. The first kappa shape index (κ1) is 15.4. The Morgan fingerprint density at radius 2 is 1.69 bits per heavy atom. The predicted molar refractivity (Wildman–Crippen MR) is 65.5 cm³/mol. The molecule has 0 amide bonds. The zero-order valence-corrected chi connectivity index (χ0v) is 11.4. The lowest BCUT2D eigenvalue weighted by molar-refractivity contribution is -0.173. The van der Waals surface area contributed by atoms with Crippen LogP contribution < -0.4 is 0 Å². The van der Waals surface area contributed by atoms with Gasteiger partial charge in [0.15, 0.2) is 5.60 Å². The molecule has 0 saturated heterocycles. The van der Waals surface area contributed by atoms with E-state index < -0.39 is 11.6 Å². The average Bonchev–Trinajstić information content (AvgIpc) is 1.98. The van der Waals surface area contributed by atoms with E-state index in [9.17, 15) is 9.90 Å². The Morgan fingerprint density at radius 3 is 2.00 bits per heavy atom. The van der Waals surface area contributed by atoms with Crippen LogP contribution in [0.3, 0.4) is 0 Å². The van der Waals surface area contributed by atoms with E-state index in [1.807, 2.05) is 20.8 Å². The molecule has 0 aromatic carbocycles. The van der Waals surface area contributed by atoms with Crippen molar-refractivity contribution in [3.05, 3.63) is 0 Å². The molecule has 3 nitrogen and oxygen atoms in total. The molecule has 0 aromatic rings. The van der Waals surface area contributed by atoms with Crippen LogP contribution in [0.2, 0.25) is 0 Å². The van der Waals surface area contributed by atoms with E-state index in [0.717, 1.165) is 6.42 Å². The van der Waals surface area contributed by atoms with Crippen molar-refractivity contribution in [1.82, 2.24) is 0 Å². The molecule has 0 bridgehead atoms.